The molecule has 23 heavy (non-hydrogen) atoms. The molecule has 5 heteroatoms. The van der Waals surface area contributed by atoms with Crippen LogP contribution < -0.4 is 5.32 Å². The van der Waals surface area contributed by atoms with Gasteiger partial charge >= 0.3 is 0 Å². The fraction of sp³-hybridized carbons (Fsp3) is 0.444. The van der Waals surface area contributed by atoms with E-state index in [9.17, 15) is 0 Å². The molecular formula is C18H24N4O. The first-order chi connectivity index (χ1) is 11.2. The quantitative estimate of drug-likeness (QED) is 0.699. The number of hydrogen-bond acceptors (Lipinski definition) is 3. The molecule has 0 saturated carbocycles. The summed E-state index contributed by atoms with van der Waals surface area (Å²) in [6, 6.07) is 8.63. The van der Waals surface area contributed by atoms with Crippen molar-refractivity contribution in [3.63, 3.8) is 0 Å². The fourth-order valence-corrected chi connectivity index (χ4v) is 2.85. The second-order valence-corrected chi connectivity index (χ2v) is 5.86. The lowest BCUT2D eigenvalue weighted by Crippen LogP contribution is -2.44. The van der Waals surface area contributed by atoms with E-state index in [-0.39, 0.29) is 0 Å². The van der Waals surface area contributed by atoms with E-state index in [0.29, 0.717) is 12.4 Å². The summed E-state index contributed by atoms with van der Waals surface area (Å²) in [7, 11) is 0. The molecule has 2 aromatic rings. The lowest BCUT2D eigenvalue weighted by Gasteiger charge is -2.31. The summed E-state index contributed by atoms with van der Waals surface area (Å²) in [4.78, 5) is 11.4. The van der Waals surface area contributed by atoms with E-state index in [1.165, 1.54) is 11.1 Å². The fourth-order valence-electron chi connectivity index (χ4n) is 2.85. The Kier molecular flexibility index (Phi) is 4.65. The van der Waals surface area contributed by atoms with Crippen LogP contribution in [-0.4, -0.2) is 28.9 Å². The van der Waals surface area contributed by atoms with E-state index in [4.69, 9.17) is 9.41 Å². The summed E-state index contributed by atoms with van der Waals surface area (Å²) in [5.41, 5.74) is 3.76. The molecule has 0 radical (unpaired) electrons. The molecule has 0 bridgehead atoms. The molecule has 1 aliphatic rings. The van der Waals surface area contributed by atoms with Crippen molar-refractivity contribution in [2.75, 3.05) is 13.1 Å². The van der Waals surface area contributed by atoms with Crippen LogP contribution in [0.15, 0.2) is 33.7 Å². The molecule has 1 aromatic carbocycles. The van der Waals surface area contributed by atoms with Gasteiger partial charge in [0.25, 0.3) is 0 Å². The Morgan fingerprint density at radius 1 is 1.30 bits per heavy atom. The molecular weight excluding hydrogens is 288 g/mol. The Labute approximate surface area is 137 Å². The Morgan fingerprint density at radius 3 is 2.78 bits per heavy atom. The Bertz CT molecular complexity index is 685. The Morgan fingerprint density at radius 2 is 2.09 bits per heavy atom. The number of nitrogens with one attached hydrogen (secondary N) is 1. The summed E-state index contributed by atoms with van der Waals surface area (Å²) in [6.45, 7) is 9.17. The standard InChI is InChI=1S/C18H24N4O/c1-4-19-18(20-11-17-21-13(2)14(3)23-17)22-10-9-15-7-5-6-8-16(15)12-22/h5-8H,4,9-12H2,1-3H3,(H,19,20). The van der Waals surface area contributed by atoms with Crippen molar-refractivity contribution in [3.05, 3.63) is 52.7 Å². The number of oxazole rings is 1. The van der Waals surface area contributed by atoms with Crippen LogP contribution in [0.3, 0.4) is 0 Å². The predicted molar refractivity (Wildman–Crippen MR) is 91.3 cm³/mol. The Hall–Kier alpha value is -2.30. The first kappa shape index (κ1) is 15.6. The van der Waals surface area contributed by atoms with Crippen molar-refractivity contribution in [1.29, 1.82) is 0 Å². The maximum atomic E-state index is 5.62. The number of aryl methyl sites for hydroxylation is 2. The minimum atomic E-state index is 0.467. The molecule has 0 saturated heterocycles. The van der Waals surface area contributed by atoms with Gasteiger partial charge in [-0.25, -0.2) is 9.98 Å². The lowest BCUT2D eigenvalue weighted by molar-refractivity contribution is 0.377. The van der Waals surface area contributed by atoms with Crippen LogP contribution in [0.5, 0.6) is 0 Å². The second kappa shape index (κ2) is 6.86. The van der Waals surface area contributed by atoms with E-state index < -0.39 is 0 Å². The van der Waals surface area contributed by atoms with Crippen molar-refractivity contribution >= 4 is 5.96 Å². The van der Waals surface area contributed by atoms with Crippen molar-refractivity contribution in [1.82, 2.24) is 15.2 Å². The minimum absolute atomic E-state index is 0.467. The summed E-state index contributed by atoms with van der Waals surface area (Å²) in [5.74, 6) is 2.47. The first-order valence-corrected chi connectivity index (χ1v) is 8.20. The maximum absolute atomic E-state index is 5.62. The van der Waals surface area contributed by atoms with E-state index >= 15 is 0 Å². The molecule has 2 heterocycles. The number of nitrogens with zero attached hydrogens (tertiary/aromatic N) is 3. The molecule has 0 aliphatic carbocycles. The van der Waals surface area contributed by atoms with Crippen molar-refractivity contribution in [2.45, 2.75) is 40.3 Å². The van der Waals surface area contributed by atoms with Crippen LogP contribution in [0.1, 0.15) is 35.4 Å². The van der Waals surface area contributed by atoms with Crippen molar-refractivity contribution < 1.29 is 4.42 Å². The summed E-state index contributed by atoms with van der Waals surface area (Å²) >= 11 is 0. The van der Waals surface area contributed by atoms with Gasteiger partial charge in [-0.3, -0.25) is 0 Å². The largest absolute Gasteiger partial charge is 0.444 e. The van der Waals surface area contributed by atoms with Crippen LogP contribution in [0.25, 0.3) is 0 Å². The second-order valence-electron chi connectivity index (χ2n) is 5.86. The smallest absolute Gasteiger partial charge is 0.216 e. The molecule has 122 valence electrons. The van der Waals surface area contributed by atoms with E-state index in [1.807, 2.05) is 13.8 Å². The third-order valence-corrected chi connectivity index (χ3v) is 4.20. The third kappa shape index (κ3) is 3.55. The van der Waals surface area contributed by atoms with E-state index in [0.717, 1.165) is 43.5 Å². The van der Waals surface area contributed by atoms with Crippen molar-refractivity contribution in [3.8, 4) is 0 Å². The maximum Gasteiger partial charge on any atom is 0.216 e. The molecule has 5 nitrogen and oxygen atoms in total. The molecule has 0 atom stereocenters. The van der Waals surface area contributed by atoms with Gasteiger partial charge in [0.2, 0.25) is 5.89 Å². The molecule has 3 rings (SSSR count). The molecule has 0 fully saturated rings. The number of aliphatic imine (C=N–C) groups is 1. The number of guanidine groups is 1. The topological polar surface area (TPSA) is 53.7 Å². The lowest BCUT2D eigenvalue weighted by atomic mass is 10.0. The molecule has 0 spiro atoms. The van der Waals surface area contributed by atoms with Gasteiger partial charge in [0.05, 0.1) is 5.69 Å². The average molecular weight is 312 g/mol. The van der Waals surface area contributed by atoms with Gasteiger partial charge in [-0.1, -0.05) is 24.3 Å². The molecule has 1 aromatic heterocycles. The van der Waals surface area contributed by atoms with Gasteiger partial charge in [-0.2, -0.15) is 0 Å². The van der Waals surface area contributed by atoms with Gasteiger partial charge in [0.1, 0.15) is 12.3 Å². The minimum Gasteiger partial charge on any atom is -0.444 e. The van der Waals surface area contributed by atoms with Crippen LogP contribution >= 0.6 is 0 Å². The third-order valence-electron chi connectivity index (χ3n) is 4.20. The average Bonchev–Trinajstić information content (AvgIpc) is 2.89. The highest BCUT2D eigenvalue weighted by molar-refractivity contribution is 5.80. The van der Waals surface area contributed by atoms with Gasteiger partial charge in [0, 0.05) is 19.6 Å². The highest BCUT2D eigenvalue weighted by Gasteiger charge is 2.18. The highest BCUT2D eigenvalue weighted by atomic mass is 16.4. The summed E-state index contributed by atoms with van der Waals surface area (Å²) < 4.78 is 5.62. The summed E-state index contributed by atoms with van der Waals surface area (Å²) in [5, 5.41) is 3.38. The summed E-state index contributed by atoms with van der Waals surface area (Å²) in [6.07, 6.45) is 1.05. The van der Waals surface area contributed by atoms with Crippen LogP contribution in [0.2, 0.25) is 0 Å². The van der Waals surface area contributed by atoms with E-state index in [2.05, 4.69) is 46.4 Å². The SMILES string of the molecule is CCNC(=NCc1nc(C)c(C)o1)N1CCc2ccccc2C1. The van der Waals surface area contributed by atoms with Gasteiger partial charge in [0.15, 0.2) is 5.96 Å². The highest BCUT2D eigenvalue weighted by Crippen LogP contribution is 2.18. The monoisotopic (exact) mass is 312 g/mol. The Balaban J connectivity index is 1.75. The predicted octanol–water partition coefficient (Wildman–Crippen LogP) is 2.82. The first-order valence-electron chi connectivity index (χ1n) is 8.20. The molecule has 1 aliphatic heterocycles. The number of aromatic nitrogens is 1. The zero-order valence-electron chi connectivity index (χ0n) is 14.1. The molecule has 1 N–H and O–H groups in total. The van der Waals surface area contributed by atoms with E-state index in [1.54, 1.807) is 0 Å². The number of rotatable bonds is 3. The van der Waals surface area contributed by atoms with Gasteiger partial charge < -0.3 is 14.6 Å². The van der Waals surface area contributed by atoms with Crippen LogP contribution in [0.4, 0.5) is 0 Å². The molecule has 0 amide bonds. The zero-order valence-corrected chi connectivity index (χ0v) is 14.1. The molecule has 0 unspecified atom stereocenters. The van der Waals surface area contributed by atoms with Gasteiger partial charge in [-0.05, 0) is 38.3 Å². The van der Waals surface area contributed by atoms with Crippen LogP contribution in [-0.2, 0) is 19.5 Å². The number of hydrogen-bond donors (Lipinski definition) is 1. The number of benzene rings is 1. The number of fused-ring (bicyclic) bond motifs is 1. The zero-order chi connectivity index (χ0) is 16.2. The van der Waals surface area contributed by atoms with Gasteiger partial charge in [-0.15, -0.1) is 0 Å². The normalized spacial score (nSPS) is 14.7. The van der Waals surface area contributed by atoms with Crippen molar-refractivity contribution in [2.24, 2.45) is 4.99 Å². The van der Waals surface area contributed by atoms with Crippen LogP contribution in [0, 0.1) is 13.8 Å².